The Hall–Kier alpha value is -4.07. The van der Waals surface area contributed by atoms with Crippen molar-refractivity contribution in [2.45, 2.75) is 38.6 Å². The highest BCUT2D eigenvalue weighted by atomic mass is 16.5. The summed E-state index contributed by atoms with van der Waals surface area (Å²) < 4.78 is 11.6. The molecule has 1 saturated heterocycles. The summed E-state index contributed by atoms with van der Waals surface area (Å²) in [7, 11) is 4.13. The number of nitrogens with zero attached hydrogens (tertiary/aromatic N) is 5. The molecule has 0 amide bonds. The lowest BCUT2D eigenvalue weighted by Crippen LogP contribution is -2.33. The number of nitriles is 2. The second-order valence-electron chi connectivity index (χ2n) is 10.2. The zero-order valence-corrected chi connectivity index (χ0v) is 21.4. The SMILES string of the molecule is CN(C)Cc1c(Cc2ccc(C#N)cc2)ccc2c(CCC3CCN(c4ccc(C#N)o4)CC3)noc12. The van der Waals surface area contributed by atoms with Gasteiger partial charge in [0.2, 0.25) is 5.76 Å². The van der Waals surface area contributed by atoms with E-state index in [9.17, 15) is 0 Å². The van der Waals surface area contributed by atoms with Gasteiger partial charge in [-0.25, -0.2) is 0 Å². The van der Waals surface area contributed by atoms with Crippen LogP contribution in [0.25, 0.3) is 11.0 Å². The fourth-order valence-electron chi connectivity index (χ4n) is 5.24. The minimum absolute atomic E-state index is 0.365. The van der Waals surface area contributed by atoms with Crippen LogP contribution in [0.3, 0.4) is 0 Å². The van der Waals surface area contributed by atoms with Crippen molar-refractivity contribution in [3.63, 3.8) is 0 Å². The van der Waals surface area contributed by atoms with Gasteiger partial charge in [-0.05, 0) is 87.5 Å². The van der Waals surface area contributed by atoms with Gasteiger partial charge in [-0.15, -0.1) is 0 Å². The van der Waals surface area contributed by atoms with Crippen LogP contribution in [0.4, 0.5) is 5.88 Å². The molecule has 0 bridgehead atoms. The van der Waals surface area contributed by atoms with Crippen molar-refractivity contribution < 1.29 is 8.94 Å². The van der Waals surface area contributed by atoms with Gasteiger partial charge in [0.05, 0.1) is 17.3 Å². The summed E-state index contributed by atoms with van der Waals surface area (Å²) >= 11 is 0. The van der Waals surface area contributed by atoms with Crippen LogP contribution >= 0.6 is 0 Å². The summed E-state index contributed by atoms with van der Waals surface area (Å²) in [6.07, 6.45) is 4.95. The van der Waals surface area contributed by atoms with Crippen LogP contribution in [0.5, 0.6) is 0 Å². The number of aryl methyl sites for hydroxylation is 1. The van der Waals surface area contributed by atoms with Gasteiger partial charge in [-0.3, -0.25) is 0 Å². The third-order valence-corrected chi connectivity index (χ3v) is 7.29. The summed E-state index contributed by atoms with van der Waals surface area (Å²) in [6.45, 7) is 2.65. The fraction of sp³-hybridized carbons (Fsp3) is 0.367. The minimum atomic E-state index is 0.365. The number of anilines is 1. The number of benzene rings is 2. The van der Waals surface area contributed by atoms with Gasteiger partial charge < -0.3 is 18.7 Å². The van der Waals surface area contributed by atoms with Crippen molar-refractivity contribution in [2.75, 3.05) is 32.1 Å². The Balaban J connectivity index is 1.27. The third kappa shape index (κ3) is 5.53. The molecule has 2 aromatic carbocycles. The number of piperidine rings is 1. The predicted molar refractivity (Wildman–Crippen MR) is 142 cm³/mol. The van der Waals surface area contributed by atoms with Crippen LogP contribution in [-0.2, 0) is 19.4 Å². The van der Waals surface area contributed by atoms with Gasteiger partial charge in [0.15, 0.2) is 11.5 Å². The van der Waals surface area contributed by atoms with E-state index in [2.05, 4.69) is 53.3 Å². The molecule has 5 rings (SSSR count). The lowest BCUT2D eigenvalue weighted by atomic mass is 9.90. The Morgan fingerprint density at radius 2 is 1.78 bits per heavy atom. The molecule has 0 N–H and O–H groups in total. The van der Waals surface area contributed by atoms with Crippen LogP contribution in [0.15, 0.2) is 57.5 Å². The van der Waals surface area contributed by atoms with E-state index in [1.54, 1.807) is 6.07 Å². The molecule has 0 unspecified atom stereocenters. The van der Waals surface area contributed by atoms with E-state index in [1.165, 1.54) is 16.7 Å². The van der Waals surface area contributed by atoms with E-state index >= 15 is 0 Å². The minimum Gasteiger partial charge on any atom is -0.430 e. The van der Waals surface area contributed by atoms with E-state index in [0.29, 0.717) is 17.2 Å². The second-order valence-corrected chi connectivity index (χ2v) is 10.2. The summed E-state index contributed by atoms with van der Waals surface area (Å²) in [5.74, 6) is 1.79. The summed E-state index contributed by atoms with van der Waals surface area (Å²) in [5.41, 5.74) is 6.16. The van der Waals surface area contributed by atoms with Crippen molar-refractivity contribution in [1.82, 2.24) is 10.1 Å². The summed E-state index contributed by atoms with van der Waals surface area (Å²) in [5, 5.41) is 23.7. The largest absolute Gasteiger partial charge is 0.430 e. The maximum Gasteiger partial charge on any atom is 0.206 e. The Bertz CT molecular complexity index is 1440. The van der Waals surface area contributed by atoms with Gasteiger partial charge >= 0.3 is 0 Å². The average Bonchev–Trinajstić information content (AvgIpc) is 3.57. The topological polar surface area (TPSA) is 93.2 Å². The van der Waals surface area contributed by atoms with Gasteiger partial charge in [-0.1, -0.05) is 23.4 Å². The third-order valence-electron chi connectivity index (χ3n) is 7.29. The van der Waals surface area contributed by atoms with Crippen LogP contribution in [0, 0.1) is 28.6 Å². The molecular weight excluding hydrogens is 462 g/mol. The molecule has 1 aliphatic rings. The zero-order chi connectivity index (χ0) is 25.8. The Morgan fingerprint density at radius 3 is 2.46 bits per heavy atom. The Morgan fingerprint density at radius 1 is 1.00 bits per heavy atom. The zero-order valence-electron chi connectivity index (χ0n) is 21.4. The number of aromatic nitrogens is 1. The molecule has 7 heteroatoms. The molecule has 0 atom stereocenters. The second kappa shape index (κ2) is 10.9. The number of furan rings is 1. The van der Waals surface area contributed by atoms with E-state index < -0.39 is 0 Å². The Kier molecular flexibility index (Phi) is 7.25. The van der Waals surface area contributed by atoms with Crippen molar-refractivity contribution in [3.05, 3.63) is 82.2 Å². The monoisotopic (exact) mass is 493 g/mol. The highest BCUT2D eigenvalue weighted by molar-refractivity contribution is 5.83. The summed E-state index contributed by atoms with van der Waals surface area (Å²) in [6, 6.07) is 20.0. The Labute approximate surface area is 217 Å². The molecule has 0 aliphatic carbocycles. The quantitative estimate of drug-likeness (QED) is 0.312. The fourth-order valence-corrected chi connectivity index (χ4v) is 5.24. The maximum absolute atomic E-state index is 9.09. The molecule has 0 radical (unpaired) electrons. The van der Waals surface area contributed by atoms with Crippen molar-refractivity contribution in [1.29, 1.82) is 10.5 Å². The van der Waals surface area contributed by atoms with Gasteiger partial charge in [-0.2, -0.15) is 10.5 Å². The van der Waals surface area contributed by atoms with Crippen molar-refractivity contribution in [2.24, 2.45) is 5.92 Å². The average molecular weight is 494 g/mol. The van der Waals surface area contributed by atoms with Crippen molar-refractivity contribution >= 4 is 16.9 Å². The predicted octanol–water partition coefficient (Wildman–Crippen LogP) is 5.67. The van der Waals surface area contributed by atoms with Crippen LogP contribution in [0.1, 0.15) is 53.0 Å². The molecule has 0 spiro atoms. The number of rotatable bonds is 8. The molecule has 3 heterocycles. The highest BCUT2D eigenvalue weighted by Crippen LogP contribution is 2.31. The first-order chi connectivity index (χ1) is 18.0. The van der Waals surface area contributed by atoms with E-state index in [1.807, 2.05) is 30.3 Å². The lowest BCUT2D eigenvalue weighted by molar-refractivity contribution is 0.363. The molecule has 188 valence electrons. The first kappa shape index (κ1) is 24.6. The van der Waals surface area contributed by atoms with E-state index in [-0.39, 0.29) is 0 Å². The van der Waals surface area contributed by atoms with Gasteiger partial charge in [0.1, 0.15) is 6.07 Å². The smallest absolute Gasteiger partial charge is 0.206 e. The van der Waals surface area contributed by atoms with E-state index in [4.69, 9.17) is 19.5 Å². The summed E-state index contributed by atoms with van der Waals surface area (Å²) in [4.78, 5) is 4.39. The first-order valence-corrected chi connectivity index (χ1v) is 12.8. The first-order valence-electron chi connectivity index (χ1n) is 12.8. The molecular formula is C30H31N5O2. The number of hydrogen-bond donors (Lipinski definition) is 0. The van der Waals surface area contributed by atoms with Gasteiger partial charge in [0, 0.05) is 36.7 Å². The molecule has 1 aliphatic heterocycles. The maximum atomic E-state index is 9.09. The normalized spacial score (nSPS) is 14.2. The molecule has 0 saturated carbocycles. The van der Waals surface area contributed by atoms with Crippen LogP contribution in [-0.4, -0.2) is 37.2 Å². The van der Waals surface area contributed by atoms with Gasteiger partial charge in [0.25, 0.3) is 0 Å². The standard InChI is InChI=1S/C30H31N5O2/c1-34(2)20-27-24(17-22-3-5-23(18-31)6-4-22)8-10-26-28(33-37-30(26)27)11-7-21-13-15-35(16-14-21)29-12-9-25(19-32)36-29/h3-6,8-10,12,21H,7,11,13-17,20H2,1-2H3. The molecule has 2 aromatic heterocycles. The molecule has 37 heavy (non-hydrogen) atoms. The van der Waals surface area contributed by atoms with Crippen molar-refractivity contribution in [3.8, 4) is 12.1 Å². The van der Waals surface area contributed by atoms with Crippen LogP contribution in [0.2, 0.25) is 0 Å². The van der Waals surface area contributed by atoms with Crippen LogP contribution < -0.4 is 4.90 Å². The molecule has 1 fully saturated rings. The highest BCUT2D eigenvalue weighted by Gasteiger charge is 2.23. The molecule has 4 aromatic rings. The molecule has 7 nitrogen and oxygen atoms in total. The number of fused-ring (bicyclic) bond motifs is 1. The van der Waals surface area contributed by atoms with E-state index in [0.717, 1.165) is 74.3 Å². The lowest BCUT2D eigenvalue weighted by Gasteiger charge is -2.31. The number of hydrogen-bond acceptors (Lipinski definition) is 7.